The average molecular weight is 420 g/mol. The number of aromatic nitrogens is 2. The molecule has 0 aliphatic carbocycles. The topological polar surface area (TPSA) is 103 Å². The van der Waals surface area contributed by atoms with Crippen LogP contribution < -0.4 is 16.1 Å². The summed E-state index contributed by atoms with van der Waals surface area (Å²) in [5, 5.41) is 1.12. The van der Waals surface area contributed by atoms with Gasteiger partial charge in [-0.1, -0.05) is 6.07 Å². The van der Waals surface area contributed by atoms with E-state index in [4.69, 9.17) is 4.74 Å². The van der Waals surface area contributed by atoms with E-state index in [-0.39, 0.29) is 17.9 Å². The van der Waals surface area contributed by atoms with Crippen molar-refractivity contribution in [2.24, 2.45) is 14.1 Å². The monoisotopic (exact) mass is 420 g/mol. The van der Waals surface area contributed by atoms with Gasteiger partial charge in [-0.15, -0.1) is 0 Å². The molecule has 1 fully saturated rings. The Morgan fingerprint density at radius 2 is 1.68 bits per heavy atom. The number of rotatable bonds is 4. The molecule has 0 unspecified atom stereocenters. The van der Waals surface area contributed by atoms with Gasteiger partial charge in [0, 0.05) is 14.1 Å². The van der Waals surface area contributed by atoms with Crippen molar-refractivity contribution in [1.82, 2.24) is 14.6 Å². The number of esters is 1. The number of imidazole rings is 1. The molecular formula is C22H20N4O5. The molecule has 4 rings (SSSR count). The molecular weight excluding hydrogens is 400 g/mol. The highest BCUT2D eigenvalue weighted by Gasteiger charge is 2.34. The Morgan fingerprint density at radius 1 is 1.00 bits per heavy atom. The van der Waals surface area contributed by atoms with Crippen molar-refractivity contribution in [1.29, 1.82) is 0 Å². The van der Waals surface area contributed by atoms with Crippen LogP contribution >= 0.6 is 0 Å². The van der Waals surface area contributed by atoms with Crippen LogP contribution in [0.25, 0.3) is 17.1 Å². The number of aryl methyl sites for hydroxylation is 2. The molecule has 0 atom stereocenters. The number of fused-ring (bicyclic) bond motifs is 1. The predicted octanol–water partition coefficient (Wildman–Crippen LogP) is 1.52. The number of hydrogen-bond acceptors (Lipinski definition) is 5. The number of carbonyl (C=O) groups is 3. The lowest BCUT2D eigenvalue weighted by molar-refractivity contribution is -0.117. The number of carbonyl (C=O) groups excluding carboxylic acids is 3. The Morgan fingerprint density at radius 3 is 2.35 bits per heavy atom. The molecule has 2 amide bonds. The quantitative estimate of drug-likeness (QED) is 0.392. The summed E-state index contributed by atoms with van der Waals surface area (Å²) in [6.45, 7) is 1.98. The van der Waals surface area contributed by atoms with Crippen LogP contribution in [0.1, 0.15) is 22.8 Å². The average Bonchev–Trinajstić information content (AvgIpc) is 3.17. The second kappa shape index (κ2) is 7.60. The molecule has 1 aliphatic heterocycles. The van der Waals surface area contributed by atoms with E-state index >= 15 is 0 Å². The highest BCUT2D eigenvalue weighted by molar-refractivity contribution is 6.31. The first-order valence-electron chi connectivity index (χ1n) is 9.61. The maximum absolute atomic E-state index is 12.9. The summed E-state index contributed by atoms with van der Waals surface area (Å²) in [7, 11) is 3.35. The molecule has 0 radical (unpaired) electrons. The van der Waals surface area contributed by atoms with E-state index in [9.17, 15) is 19.2 Å². The van der Waals surface area contributed by atoms with Crippen LogP contribution in [0.5, 0.6) is 0 Å². The third-order valence-electron chi connectivity index (χ3n) is 5.14. The number of benzene rings is 2. The van der Waals surface area contributed by atoms with Crippen LogP contribution in [0.15, 0.2) is 52.8 Å². The Hall–Kier alpha value is -4.14. The fourth-order valence-electron chi connectivity index (χ4n) is 3.48. The molecule has 31 heavy (non-hydrogen) atoms. The number of nitrogens with one attached hydrogen (secondary N) is 1. The first-order chi connectivity index (χ1) is 14.8. The van der Waals surface area contributed by atoms with Crippen molar-refractivity contribution in [3.05, 3.63) is 69.6 Å². The van der Waals surface area contributed by atoms with Gasteiger partial charge >= 0.3 is 11.7 Å². The van der Waals surface area contributed by atoms with Crippen LogP contribution in [0, 0.1) is 0 Å². The number of amides is 2. The van der Waals surface area contributed by atoms with Crippen LogP contribution in [-0.4, -0.2) is 33.5 Å². The smallest absolute Gasteiger partial charge is 0.338 e. The maximum atomic E-state index is 12.9. The standard InChI is InChI=1S/C22H20N4O5/c1-4-31-21(29)14-6-8-15(9-7-14)26-20(28)16(19(27)23-26)11-13-5-10-17-18(12-13)25(3)22(30)24(17)2/h5-12H,4H2,1-3H3,(H,23,27)/b16-11+. The number of nitrogens with zero attached hydrogens (tertiary/aromatic N) is 3. The van der Waals surface area contributed by atoms with Crippen molar-refractivity contribution >= 4 is 40.6 Å². The van der Waals surface area contributed by atoms with E-state index in [0.717, 1.165) is 10.5 Å². The highest BCUT2D eigenvalue weighted by atomic mass is 16.5. The lowest BCUT2D eigenvalue weighted by atomic mass is 10.1. The van der Waals surface area contributed by atoms with Crippen LogP contribution in [0.4, 0.5) is 5.69 Å². The first kappa shape index (κ1) is 20.1. The van der Waals surface area contributed by atoms with E-state index in [1.54, 1.807) is 51.4 Å². The number of hydrogen-bond donors (Lipinski definition) is 1. The van der Waals surface area contributed by atoms with E-state index in [1.165, 1.54) is 27.3 Å². The molecule has 9 nitrogen and oxygen atoms in total. The molecule has 1 aliphatic rings. The fraction of sp³-hybridized carbons (Fsp3) is 0.182. The number of anilines is 1. The second-order valence-electron chi connectivity index (χ2n) is 7.06. The van der Waals surface area contributed by atoms with Crippen molar-refractivity contribution < 1.29 is 19.1 Å². The van der Waals surface area contributed by atoms with E-state index < -0.39 is 17.8 Å². The zero-order valence-electron chi connectivity index (χ0n) is 17.2. The normalized spacial score (nSPS) is 15.1. The van der Waals surface area contributed by atoms with Gasteiger partial charge in [-0.25, -0.2) is 14.6 Å². The number of hydrazine groups is 1. The molecule has 3 aromatic rings. The SMILES string of the molecule is CCOC(=O)c1ccc(N2NC(=O)/C(=C\c3ccc4c(c3)n(C)c(=O)n4C)C2=O)cc1. The van der Waals surface area contributed by atoms with Crippen molar-refractivity contribution in [2.45, 2.75) is 6.92 Å². The minimum atomic E-state index is -0.540. The van der Waals surface area contributed by atoms with Crippen LogP contribution in [0.2, 0.25) is 0 Å². The van der Waals surface area contributed by atoms with Crippen LogP contribution in [-0.2, 0) is 28.4 Å². The molecule has 0 saturated carbocycles. The van der Waals surface area contributed by atoms with Gasteiger partial charge in [-0.2, -0.15) is 0 Å². The Bertz CT molecular complexity index is 1310. The third kappa shape index (κ3) is 3.39. The lowest BCUT2D eigenvalue weighted by Crippen LogP contribution is -2.35. The number of ether oxygens (including phenoxy) is 1. The van der Waals surface area contributed by atoms with Gasteiger partial charge in [0.2, 0.25) is 0 Å². The summed E-state index contributed by atoms with van der Waals surface area (Å²) in [5.41, 5.74) is 5.16. The maximum Gasteiger partial charge on any atom is 0.338 e. The van der Waals surface area contributed by atoms with Crippen LogP contribution in [0.3, 0.4) is 0 Å². The third-order valence-corrected chi connectivity index (χ3v) is 5.14. The van der Waals surface area contributed by atoms with E-state index in [2.05, 4.69) is 5.43 Å². The predicted molar refractivity (Wildman–Crippen MR) is 114 cm³/mol. The Kier molecular flexibility index (Phi) is 4.94. The molecule has 0 spiro atoms. The molecule has 9 heteroatoms. The zero-order chi connectivity index (χ0) is 22.3. The Labute approximate surface area is 177 Å². The van der Waals surface area contributed by atoms with Crippen molar-refractivity contribution in [3.63, 3.8) is 0 Å². The molecule has 1 N–H and O–H groups in total. The minimum Gasteiger partial charge on any atom is -0.462 e. The van der Waals surface area contributed by atoms with Gasteiger partial charge in [0.05, 0.1) is 28.9 Å². The molecule has 2 aromatic carbocycles. The molecule has 158 valence electrons. The zero-order valence-corrected chi connectivity index (χ0v) is 17.2. The summed E-state index contributed by atoms with van der Waals surface area (Å²) in [4.78, 5) is 49.2. The highest BCUT2D eigenvalue weighted by Crippen LogP contribution is 2.23. The summed E-state index contributed by atoms with van der Waals surface area (Å²) >= 11 is 0. The second-order valence-corrected chi connectivity index (χ2v) is 7.06. The molecule has 2 heterocycles. The van der Waals surface area contributed by atoms with E-state index in [1.807, 2.05) is 0 Å². The van der Waals surface area contributed by atoms with Crippen molar-refractivity contribution in [2.75, 3.05) is 11.6 Å². The summed E-state index contributed by atoms with van der Waals surface area (Å²) in [6.07, 6.45) is 1.49. The minimum absolute atomic E-state index is 0.0326. The van der Waals surface area contributed by atoms with Crippen molar-refractivity contribution in [3.8, 4) is 0 Å². The first-order valence-corrected chi connectivity index (χ1v) is 9.61. The van der Waals surface area contributed by atoms with Gasteiger partial charge < -0.3 is 4.74 Å². The fourth-order valence-corrected chi connectivity index (χ4v) is 3.48. The van der Waals surface area contributed by atoms with Gasteiger partial charge in [0.1, 0.15) is 5.57 Å². The van der Waals surface area contributed by atoms with Gasteiger partial charge in [-0.3, -0.25) is 24.1 Å². The molecule has 1 aromatic heterocycles. The summed E-state index contributed by atoms with van der Waals surface area (Å²) in [5.74, 6) is -1.52. The Balaban J connectivity index is 1.63. The summed E-state index contributed by atoms with van der Waals surface area (Å²) < 4.78 is 7.98. The lowest BCUT2D eigenvalue weighted by Gasteiger charge is -2.14. The van der Waals surface area contributed by atoms with Gasteiger partial charge in [0.15, 0.2) is 0 Å². The molecule has 0 bridgehead atoms. The van der Waals surface area contributed by atoms with Gasteiger partial charge in [0.25, 0.3) is 11.8 Å². The largest absolute Gasteiger partial charge is 0.462 e. The van der Waals surface area contributed by atoms with E-state index in [0.29, 0.717) is 22.3 Å². The molecule has 1 saturated heterocycles. The summed E-state index contributed by atoms with van der Waals surface area (Å²) in [6, 6.07) is 11.4. The van der Waals surface area contributed by atoms with Gasteiger partial charge in [-0.05, 0) is 55.0 Å².